The van der Waals surface area contributed by atoms with Gasteiger partial charge in [0.15, 0.2) is 5.75 Å². The van der Waals surface area contributed by atoms with E-state index in [1.807, 2.05) is 60.7 Å². The van der Waals surface area contributed by atoms with Crippen LogP contribution in [0.1, 0.15) is 28.7 Å². The van der Waals surface area contributed by atoms with Gasteiger partial charge in [0.25, 0.3) is 0 Å². The molecule has 0 bridgehead atoms. The van der Waals surface area contributed by atoms with Crippen LogP contribution in [-0.4, -0.2) is 18.1 Å². The summed E-state index contributed by atoms with van der Waals surface area (Å²) in [5.74, 6) is -0.692. The summed E-state index contributed by atoms with van der Waals surface area (Å²) in [5.41, 5.74) is 3.15. The number of carbonyl (C=O) groups excluding carboxylic acids is 2. The molecule has 0 fully saturated rings. The van der Waals surface area contributed by atoms with E-state index in [-0.39, 0.29) is 29.4 Å². The highest BCUT2D eigenvalue weighted by molar-refractivity contribution is 6.33. The largest absolute Gasteiger partial charge is 0.445 e. The standard InChI is InChI=1S/C29H24ClNO6/c30-23-15-22-20-12-7-13-21(20)27(32)36-25(22)16-26(23)37-28(33)24(14-18-8-3-1-4-9-18)31-29(34)35-17-19-10-5-2-6-11-19/h1-6,8-11,15-16,24H,7,12-14,17H2,(H,31,34). The van der Waals surface area contributed by atoms with Gasteiger partial charge in [0.1, 0.15) is 18.2 Å². The Morgan fingerprint density at radius 2 is 1.62 bits per heavy atom. The monoisotopic (exact) mass is 517 g/mol. The number of fused-ring (bicyclic) bond motifs is 3. The molecule has 1 N–H and O–H groups in total. The van der Waals surface area contributed by atoms with Gasteiger partial charge in [-0.25, -0.2) is 14.4 Å². The van der Waals surface area contributed by atoms with E-state index in [1.165, 1.54) is 6.07 Å². The fraction of sp³-hybridized carbons (Fsp3) is 0.207. The van der Waals surface area contributed by atoms with Crippen LogP contribution in [-0.2, 0) is 35.4 Å². The Hall–Kier alpha value is -4.10. The summed E-state index contributed by atoms with van der Waals surface area (Å²) in [5, 5.41) is 3.54. The van der Waals surface area contributed by atoms with Crippen molar-refractivity contribution < 1.29 is 23.5 Å². The molecular weight excluding hydrogens is 494 g/mol. The first-order chi connectivity index (χ1) is 18.0. The molecule has 1 aliphatic rings. The fourth-order valence-corrected chi connectivity index (χ4v) is 4.69. The molecule has 0 spiro atoms. The third-order valence-corrected chi connectivity index (χ3v) is 6.60. The second kappa shape index (κ2) is 10.9. The van der Waals surface area contributed by atoms with Gasteiger partial charge >= 0.3 is 17.7 Å². The summed E-state index contributed by atoms with van der Waals surface area (Å²) in [6, 6.07) is 20.5. The average Bonchev–Trinajstić information content (AvgIpc) is 3.41. The summed E-state index contributed by atoms with van der Waals surface area (Å²) in [6.07, 6.45) is 1.73. The predicted molar refractivity (Wildman–Crippen MR) is 139 cm³/mol. The van der Waals surface area contributed by atoms with Crippen LogP contribution >= 0.6 is 11.6 Å². The van der Waals surface area contributed by atoms with E-state index in [9.17, 15) is 14.4 Å². The Morgan fingerprint density at radius 3 is 2.35 bits per heavy atom. The highest BCUT2D eigenvalue weighted by atomic mass is 35.5. The zero-order valence-corrected chi connectivity index (χ0v) is 20.6. The maximum Gasteiger partial charge on any atom is 0.408 e. The van der Waals surface area contributed by atoms with Gasteiger partial charge in [-0.3, -0.25) is 0 Å². The van der Waals surface area contributed by atoms with E-state index in [0.717, 1.165) is 34.9 Å². The van der Waals surface area contributed by atoms with E-state index >= 15 is 0 Å². The van der Waals surface area contributed by atoms with Crippen molar-refractivity contribution in [3.63, 3.8) is 0 Å². The van der Waals surface area contributed by atoms with Crippen LogP contribution in [0.5, 0.6) is 5.75 Å². The Morgan fingerprint density at radius 1 is 0.946 bits per heavy atom. The highest BCUT2D eigenvalue weighted by Gasteiger charge is 2.26. The summed E-state index contributed by atoms with van der Waals surface area (Å²) < 4.78 is 16.4. The minimum absolute atomic E-state index is 0.0396. The van der Waals surface area contributed by atoms with Gasteiger partial charge in [-0.1, -0.05) is 72.3 Å². The van der Waals surface area contributed by atoms with E-state index in [2.05, 4.69) is 5.32 Å². The summed E-state index contributed by atoms with van der Waals surface area (Å²) >= 11 is 6.47. The number of hydrogen-bond donors (Lipinski definition) is 1. The number of ether oxygens (including phenoxy) is 2. The molecule has 1 amide bonds. The van der Waals surface area contributed by atoms with E-state index in [0.29, 0.717) is 17.6 Å². The van der Waals surface area contributed by atoms with Crippen LogP contribution in [0, 0.1) is 0 Å². The normalized spacial score (nSPS) is 13.1. The zero-order valence-electron chi connectivity index (χ0n) is 19.9. The maximum atomic E-state index is 13.2. The molecule has 1 heterocycles. The van der Waals surface area contributed by atoms with Crippen molar-refractivity contribution in [2.24, 2.45) is 0 Å². The number of carbonyl (C=O) groups is 2. The third kappa shape index (κ3) is 5.67. The van der Waals surface area contributed by atoms with Gasteiger partial charge in [-0.2, -0.15) is 0 Å². The predicted octanol–water partition coefficient (Wildman–Crippen LogP) is 5.38. The number of hydrogen-bond acceptors (Lipinski definition) is 6. The van der Waals surface area contributed by atoms with Crippen molar-refractivity contribution in [2.45, 2.75) is 38.3 Å². The third-order valence-electron chi connectivity index (χ3n) is 6.31. The quantitative estimate of drug-likeness (QED) is 0.201. The van der Waals surface area contributed by atoms with Crippen molar-refractivity contribution in [2.75, 3.05) is 0 Å². The summed E-state index contributed by atoms with van der Waals surface area (Å²) in [4.78, 5) is 38.1. The number of amides is 1. The van der Waals surface area contributed by atoms with Crippen molar-refractivity contribution >= 4 is 34.6 Å². The van der Waals surface area contributed by atoms with Crippen LogP contribution in [0.3, 0.4) is 0 Å². The van der Waals surface area contributed by atoms with Gasteiger partial charge in [0.05, 0.1) is 5.02 Å². The maximum absolute atomic E-state index is 13.2. The molecule has 5 rings (SSSR count). The van der Waals surface area contributed by atoms with Crippen LogP contribution in [0.2, 0.25) is 5.02 Å². The average molecular weight is 518 g/mol. The molecule has 37 heavy (non-hydrogen) atoms. The minimum Gasteiger partial charge on any atom is -0.445 e. The van der Waals surface area contributed by atoms with E-state index < -0.39 is 18.1 Å². The first kappa shape index (κ1) is 24.6. The van der Waals surface area contributed by atoms with Crippen molar-refractivity contribution in [3.8, 4) is 5.75 Å². The second-order valence-electron chi connectivity index (χ2n) is 8.85. The number of alkyl carbamates (subject to hydrolysis) is 1. The SMILES string of the molecule is O=C(NC(Cc1ccccc1)C(=O)Oc1cc2oc(=O)c3c(c2cc1Cl)CCC3)OCc1ccccc1. The number of benzene rings is 3. The Bertz CT molecular complexity index is 1500. The van der Waals surface area contributed by atoms with Gasteiger partial charge in [-0.05, 0) is 42.0 Å². The van der Waals surface area contributed by atoms with Crippen molar-refractivity contribution in [1.82, 2.24) is 5.32 Å². The molecule has 0 saturated heterocycles. The summed E-state index contributed by atoms with van der Waals surface area (Å²) in [7, 11) is 0. The molecule has 3 aromatic carbocycles. The Kier molecular flexibility index (Phi) is 7.23. The lowest BCUT2D eigenvalue weighted by molar-refractivity contribution is -0.136. The van der Waals surface area contributed by atoms with E-state index in [4.69, 9.17) is 25.5 Å². The highest BCUT2D eigenvalue weighted by Crippen LogP contribution is 2.35. The first-order valence-electron chi connectivity index (χ1n) is 12.0. The molecule has 0 radical (unpaired) electrons. The fourth-order valence-electron chi connectivity index (χ4n) is 4.49. The summed E-state index contributed by atoms with van der Waals surface area (Å²) in [6.45, 7) is 0.0552. The Labute approximate surface area is 218 Å². The molecule has 188 valence electrons. The van der Waals surface area contributed by atoms with Crippen LogP contribution in [0.4, 0.5) is 4.79 Å². The molecule has 1 aromatic heterocycles. The smallest absolute Gasteiger partial charge is 0.408 e. The lowest BCUT2D eigenvalue weighted by Gasteiger charge is -2.18. The molecule has 8 heteroatoms. The molecular formula is C29H24ClNO6. The van der Waals surface area contributed by atoms with E-state index in [1.54, 1.807) is 6.07 Å². The second-order valence-corrected chi connectivity index (χ2v) is 9.26. The molecule has 1 unspecified atom stereocenters. The molecule has 1 aliphatic carbocycles. The molecule has 0 aliphatic heterocycles. The van der Waals surface area contributed by atoms with Crippen LogP contribution < -0.4 is 15.7 Å². The van der Waals surface area contributed by atoms with Gasteiger partial charge in [0.2, 0.25) is 0 Å². The van der Waals surface area contributed by atoms with Crippen molar-refractivity contribution in [1.29, 1.82) is 0 Å². The Balaban J connectivity index is 1.36. The van der Waals surface area contributed by atoms with Gasteiger partial charge in [0, 0.05) is 23.4 Å². The molecule has 4 aromatic rings. The zero-order chi connectivity index (χ0) is 25.8. The lowest BCUT2D eigenvalue weighted by Crippen LogP contribution is -2.44. The lowest BCUT2D eigenvalue weighted by atomic mass is 10.1. The van der Waals surface area contributed by atoms with Crippen molar-refractivity contribution in [3.05, 3.63) is 110 Å². The number of nitrogens with one attached hydrogen (secondary N) is 1. The molecule has 7 nitrogen and oxygen atoms in total. The topological polar surface area (TPSA) is 94.8 Å². The first-order valence-corrected chi connectivity index (χ1v) is 12.4. The number of halogens is 1. The van der Waals surface area contributed by atoms with Crippen LogP contribution in [0.25, 0.3) is 11.0 Å². The number of aryl methyl sites for hydroxylation is 1. The minimum atomic E-state index is -1.05. The van der Waals surface area contributed by atoms with Gasteiger partial charge in [-0.15, -0.1) is 0 Å². The van der Waals surface area contributed by atoms with Crippen LogP contribution in [0.15, 0.2) is 82.0 Å². The molecule has 1 atom stereocenters. The number of rotatable bonds is 7. The number of esters is 1. The molecule has 0 saturated carbocycles. The van der Waals surface area contributed by atoms with Gasteiger partial charge < -0.3 is 19.2 Å².